The average Bonchev–Trinajstić information content (AvgIpc) is 2.56. The van der Waals surface area contributed by atoms with Gasteiger partial charge in [0.2, 0.25) is 0 Å². The van der Waals surface area contributed by atoms with Gasteiger partial charge in [-0.05, 0) is 17.7 Å². The van der Waals surface area contributed by atoms with Crippen LogP contribution < -0.4 is 4.52 Å². The predicted molar refractivity (Wildman–Crippen MR) is 83.9 cm³/mol. The van der Waals surface area contributed by atoms with Crippen LogP contribution in [0.5, 0.6) is 5.75 Å². The fourth-order valence-corrected chi connectivity index (χ4v) is 1.80. The van der Waals surface area contributed by atoms with Crippen LogP contribution in [0, 0.1) is 0 Å². The number of hydrogen-bond donors (Lipinski definition) is 1. The monoisotopic (exact) mass is 341 g/mol. The molecule has 2 unspecified atom stereocenters. The number of hydrogen-bond acceptors (Lipinski definition) is 3. The van der Waals surface area contributed by atoms with Crippen molar-refractivity contribution >= 4 is 15.2 Å². The van der Waals surface area contributed by atoms with Crippen molar-refractivity contribution in [3.05, 3.63) is 65.7 Å². The van der Waals surface area contributed by atoms with Crippen molar-refractivity contribution in [2.75, 3.05) is 0 Å². The first-order valence-corrected chi connectivity index (χ1v) is 6.93. The van der Waals surface area contributed by atoms with E-state index in [0.29, 0.717) is 16.9 Å². The number of ketones is 1. The van der Waals surface area contributed by atoms with Gasteiger partial charge in [-0.15, -0.1) is 0 Å². The number of carbonyl (C=O) groups is 1. The maximum absolute atomic E-state index is 12.0. The van der Waals surface area contributed by atoms with Crippen molar-refractivity contribution in [3.63, 3.8) is 0 Å². The zero-order chi connectivity index (χ0) is 15.0. The van der Waals surface area contributed by atoms with E-state index in [1.54, 1.807) is 48.5 Å². The van der Waals surface area contributed by atoms with Gasteiger partial charge >= 0.3 is 0 Å². The molecule has 0 saturated heterocycles. The van der Waals surface area contributed by atoms with E-state index in [9.17, 15) is 9.90 Å². The van der Waals surface area contributed by atoms with Gasteiger partial charge in [-0.3, -0.25) is 4.79 Å². The van der Waals surface area contributed by atoms with E-state index in [0.717, 1.165) is 0 Å². The Balaban J connectivity index is 0.00000128. The van der Waals surface area contributed by atoms with Gasteiger partial charge in [0.15, 0.2) is 5.78 Å². The minimum atomic E-state index is -1.15. The predicted octanol–water partition coefficient (Wildman–Crippen LogP) is 3.80. The van der Waals surface area contributed by atoms with Crippen LogP contribution in [0.4, 0.5) is 0 Å². The molecule has 0 aliphatic heterocycles. The van der Waals surface area contributed by atoms with Gasteiger partial charge in [-0.25, -0.2) is 0 Å². The Morgan fingerprint density at radius 3 is 2.05 bits per heavy atom. The van der Waals surface area contributed by atoms with Gasteiger partial charge < -0.3 is 9.63 Å². The zero-order valence-electron chi connectivity index (χ0n) is 12.1. The van der Waals surface area contributed by atoms with E-state index < -0.39 is 6.10 Å². The molecule has 5 heteroatoms. The minimum Gasteiger partial charge on any atom is -0.480 e. The second-order valence-corrected chi connectivity index (χ2v) is 4.06. The Morgan fingerprint density at radius 2 is 1.57 bits per heavy atom. The van der Waals surface area contributed by atoms with E-state index in [1.165, 1.54) is 0 Å². The molecule has 2 aromatic carbocycles. The Morgan fingerprint density at radius 1 is 1.05 bits per heavy atom. The molecule has 21 heavy (non-hydrogen) atoms. The van der Waals surface area contributed by atoms with Gasteiger partial charge in [0, 0.05) is 24.1 Å². The molecule has 0 aliphatic rings. The SMILES string of the molecule is CC.O=C(c1ccccc1)C(O)c1ccc(OP)cc1.[V]. The van der Waals surface area contributed by atoms with Gasteiger partial charge in [0.25, 0.3) is 0 Å². The summed E-state index contributed by atoms with van der Waals surface area (Å²) < 4.78 is 4.94. The summed E-state index contributed by atoms with van der Waals surface area (Å²) in [6, 6.07) is 15.5. The molecule has 1 N–H and O–H groups in total. The quantitative estimate of drug-likeness (QED) is 0.680. The van der Waals surface area contributed by atoms with Crippen LogP contribution in [0.3, 0.4) is 0 Å². The maximum atomic E-state index is 12.0. The Kier molecular flexibility index (Phi) is 10.0. The van der Waals surface area contributed by atoms with Crippen molar-refractivity contribution < 1.29 is 33.0 Å². The topological polar surface area (TPSA) is 46.5 Å². The van der Waals surface area contributed by atoms with E-state index in [-0.39, 0.29) is 24.3 Å². The van der Waals surface area contributed by atoms with Crippen molar-refractivity contribution in [1.29, 1.82) is 0 Å². The van der Waals surface area contributed by atoms with E-state index in [1.807, 2.05) is 19.9 Å². The molecule has 0 aliphatic carbocycles. The number of benzene rings is 2. The molecule has 111 valence electrons. The molecule has 0 heterocycles. The number of aliphatic hydroxyl groups excluding tert-OH is 1. The Labute approximate surface area is 139 Å². The summed E-state index contributed by atoms with van der Waals surface area (Å²) >= 11 is 0. The number of rotatable bonds is 4. The number of aliphatic hydroxyl groups is 1. The van der Waals surface area contributed by atoms with Crippen LogP contribution >= 0.6 is 9.47 Å². The van der Waals surface area contributed by atoms with Crippen LogP contribution in [0.2, 0.25) is 0 Å². The van der Waals surface area contributed by atoms with Crippen molar-refractivity contribution in [1.82, 2.24) is 0 Å². The molecular weight excluding hydrogens is 322 g/mol. The summed E-state index contributed by atoms with van der Waals surface area (Å²) in [5.74, 6) is 0.346. The van der Waals surface area contributed by atoms with Gasteiger partial charge in [0.1, 0.15) is 11.9 Å². The summed E-state index contributed by atoms with van der Waals surface area (Å²) in [7, 11) is 2.14. The summed E-state index contributed by atoms with van der Waals surface area (Å²) in [6.07, 6.45) is -1.15. The van der Waals surface area contributed by atoms with Gasteiger partial charge in [-0.2, -0.15) is 0 Å². The largest absolute Gasteiger partial charge is 0.480 e. The van der Waals surface area contributed by atoms with Crippen LogP contribution in [-0.4, -0.2) is 10.9 Å². The fourth-order valence-electron chi connectivity index (χ4n) is 1.64. The minimum absolute atomic E-state index is 0. The Bertz CT molecular complexity index is 529. The first-order valence-electron chi connectivity index (χ1n) is 6.46. The second-order valence-electron chi connectivity index (χ2n) is 3.82. The fraction of sp³-hybridized carbons (Fsp3) is 0.188. The average molecular weight is 341 g/mol. The van der Waals surface area contributed by atoms with Crippen LogP contribution in [0.25, 0.3) is 0 Å². The smallest absolute Gasteiger partial charge is 0.195 e. The maximum Gasteiger partial charge on any atom is 0.195 e. The number of carbonyl (C=O) groups excluding carboxylic acids is 1. The van der Waals surface area contributed by atoms with E-state index in [2.05, 4.69) is 9.47 Å². The molecule has 0 aromatic heterocycles. The first kappa shape index (κ1) is 19.9. The third-order valence-electron chi connectivity index (χ3n) is 2.64. The molecule has 2 aromatic rings. The second kappa shape index (κ2) is 10.6. The van der Waals surface area contributed by atoms with Gasteiger partial charge in [-0.1, -0.05) is 56.3 Å². The first-order chi connectivity index (χ1) is 9.72. The van der Waals surface area contributed by atoms with E-state index >= 15 is 0 Å². The summed E-state index contributed by atoms with van der Waals surface area (Å²) in [6.45, 7) is 4.00. The van der Waals surface area contributed by atoms with Gasteiger partial charge in [0.05, 0.1) is 9.47 Å². The van der Waals surface area contributed by atoms with Crippen LogP contribution in [-0.2, 0) is 18.6 Å². The van der Waals surface area contributed by atoms with Crippen molar-refractivity contribution in [3.8, 4) is 5.75 Å². The Hall–Kier alpha value is -1.12. The normalized spacial score (nSPS) is 10.5. The molecule has 0 bridgehead atoms. The van der Waals surface area contributed by atoms with E-state index in [4.69, 9.17) is 4.52 Å². The van der Waals surface area contributed by atoms with Crippen molar-refractivity contribution in [2.45, 2.75) is 20.0 Å². The molecular formula is C16H19O3PV. The molecule has 0 spiro atoms. The third kappa shape index (κ3) is 5.64. The molecule has 1 radical (unpaired) electrons. The summed E-state index contributed by atoms with van der Waals surface area (Å²) in [5.41, 5.74) is 1.05. The molecule has 0 amide bonds. The molecule has 0 saturated carbocycles. The molecule has 2 atom stereocenters. The molecule has 3 nitrogen and oxygen atoms in total. The molecule has 0 fully saturated rings. The number of Topliss-reactive ketones (excluding diaryl/α,β-unsaturated/α-hetero) is 1. The van der Waals surface area contributed by atoms with Crippen molar-refractivity contribution in [2.24, 2.45) is 0 Å². The van der Waals surface area contributed by atoms with Crippen LogP contribution in [0.15, 0.2) is 54.6 Å². The standard InChI is InChI=1S/C14H13O3P.C2H6.V/c15-13(10-4-2-1-3-5-10)14(16)11-6-8-12(17-18)9-7-11;1-2;/h1-9,14,16H,18H2;1-2H3;. The summed E-state index contributed by atoms with van der Waals surface area (Å²) in [5, 5.41) is 10.0. The zero-order valence-corrected chi connectivity index (χ0v) is 14.6. The van der Waals surface area contributed by atoms with Crippen LogP contribution in [0.1, 0.15) is 35.9 Å². The third-order valence-corrected chi connectivity index (χ3v) is 2.91. The summed E-state index contributed by atoms with van der Waals surface area (Å²) in [4.78, 5) is 12.0. The molecule has 2 rings (SSSR count).